The van der Waals surface area contributed by atoms with E-state index in [2.05, 4.69) is 36.1 Å². The molecule has 1 saturated heterocycles. The molecular formula is C19H39N5O3S. The van der Waals surface area contributed by atoms with Gasteiger partial charge in [-0.15, -0.1) is 0 Å². The average molecular weight is 418 g/mol. The second-order valence-electron chi connectivity index (χ2n) is 8.18. The second-order valence-corrected chi connectivity index (χ2v) is 10.3. The number of piperazine rings is 1. The number of rotatable bonds is 10. The van der Waals surface area contributed by atoms with Gasteiger partial charge in [0.2, 0.25) is 10.0 Å². The highest BCUT2D eigenvalue weighted by atomic mass is 32.2. The van der Waals surface area contributed by atoms with E-state index >= 15 is 0 Å². The molecule has 0 radical (unpaired) electrons. The molecule has 164 valence electrons. The molecule has 0 aromatic heterocycles. The van der Waals surface area contributed by atoms with E-state index in [0.29, 0.717) is 32.2 Å². The number of hydrogen-bond donors (Lipinski definition) is 1. The molecule has 1 aliphatic carbocycles. The van der Waals surface area contributed by atoms with Crippen LogP contribution >= 0.6 is 0 Å². The van der Waals surface area contributed by atoms with Gasteiger partial charge >= 0.3 is 0 Å². The highest BCUT2D eigenvalue weighted by Gasteiger charge is 2.33. The quantitative estimate of drug-likeness (QED) is 0.416. The molecule has 0 amide bonds. The summed E-state index contributed by atoms with van der Waals surface area (Å²) < 4.78 is 32.0. The van der Waals surface area contributed by atoms with Crippen LogP contribution in [0, 0.1) is 5.92 Å². The van der Waals surface area contributed by atoms with E-state index in [1.807, 2.05) is 13.8 Å². The van der Waals surface area contributed by atoms with E-state index in [4.69, 9.17) is 9.73 Å². The number of likely N-dealkylation sites (N-methyl/N-ethyl adjacent to an activating group) is 1. The third-order valence-electron chi connectivity index (χ3n) is 5.32. The molecule has 0 bridgehead atoms. The minimum absolute atomic E-state index is 0.0469. The predicted molar refractivity (Wildman–Crippen MR) is 114 cm³/mol. The topological polar surface area (TPSA) is 77.5 Å². The first-order valence-electron chi connectivity index (χ1n) is 10.5. The van der Waals surface area contributed by atoms with Crippen LogP contribution < -0.4 is 5.32 Å². The third-order valence-corrected chi connectivity index (χ3v) is 7.15. The van der Waals surface area contributed by atoms with Gasteiger partial charge in [0.25, 0.3) is 0 Å². The fourth-order valence-corrected chi connectivity index (χ4v) is 4.80. The van der Waals surface area contributed by atoms with Gasteiger partial charge in [-0.3, -0.25) is 4.99 Å². The van der Waals surface area contributed by atoms with Crippen LogP contribution in [0.2, 0.25) is 0 Å². The minimum Gasteiger partial charge on any atom is -0.378 e. The van der Waals surface area contributed by atoms with Gasteiger partial charge in [-0.25, -0.2) is 8.42 Å². The van der Waals surface area contributed by atoms with Gasteiger partial charge in [0.05, 0.1) is 25.0 Å². The standard InChI is InChI=1S/C19H39N5O3S/c1-6-20-19(21-15-18(22(4)5)17-7-8-17)23-9-11-24(12-10-23)28(25,26)14-13-27-16(2)3/h16-18H,6-15H2,1-5H3,(H,20,21). The lowest BCUT2D eigenvalue weighted by Gasteiger charge is -2.36. The summed E-state index contributed by atoms with van der Waals surface area (Å²) in [5.41, 5.74) is 0. The molecule has 0 aromatic carbocycles. The van der Waals surface area contributed by atoms with Crippen LogP contribution in [0.25, 0.3) is 0 Å². The zero-order valence-corrected chi connectivity index (χ0v) is 19.0. The summed E-state index contributed by atoms with van der Waals surface area (Å²) in [5.74, 6) is 1.71. The Hall–Kier alpha value is -0.900. The van der Waals surface area contributed by atoms with Crippen LogP contribution in [-0.2, 0) is 14.8 Å². The smallest absolute Gasteiger partial charge is 0.216 e. The van der Waals surface area contributed by atoms with Gasteiger partial charge in [0.1, 0.15) is 0 Å². The first-order valence-corrected chi connectivity index (χ1v) is 12.1. The van der Waals surface area contributed by atoms with E-state index < -0.39 is 10.0 Å². The number of nitrogens with zero attached hydrogens (tertiary/aromatic N) is 4. The molecule has 1 atom stereocenters. The molecule has 1 aliphatic heterocycles. The number of aliphatic imine (C=N–C) groups is 1. The van der Waals surface area contributed by atoms with Crippen LogP contribution in [0.5, 0.6) is 0 Å². The van der Waals surface area contributed by atoms with Crippen LogP contribution in [0.15, 0.2) is 4.99 Å². The highest BCUT2D eigenvalue weighted by Crippen LogP contribution is 2.34. The first kappa shape index (κ1) is 23.4. The highest BCUT2D eigenvalue weighted by molar-refractivity contribution is 7.89. The van der Waals surface area contributed by atoms with E-state index in [-0.39, 0.29) is 18.5 Å². The van der Waals surface area contributed by atoms with Crippen LogP contribution in [-0.4, -0.2) is 106 Å². The van der Waals surface area contributed by atoms with Crippen molar-refractivity contribution in [1.29, 1.82) is 0 Å². The third kappa shape index (κ3) is 7.17. The molecule has 1 N–H and O–H groups in total. The molecule has 28 heavy (non-hydrogen) atoms. The minimum atomic E-state index is -3.27. The summed E-state index contributed by atoms with van der Waals surface area (Å²) in [4.78, 5) is 9.33. The molecule has 2 rings (SSSR count). The van der Waals surface area contributed by atoms with Gasteiger partial charge in [-0.05, 0) is 53.6 Å². The Morgan fingerprint density at radius 3 is 2.36 bits per heavy atom. The number of nitrogens with one attached hydrogen (secondary N) is 1. The fraction of sp³-hybridized carbons (Fsp3) is 0.947. The van der Waals surface area contributed by atoms with Gasteiger partial charge in [0.15, 0.2) is 5.96 Å². The number of sulfonamides is 1. The SMILES string of the molecule is CCNC(=NCC(C1CC1)N(C)C)N1CCN(S(=O)(=O)CCOC(C)C)CC1. The van der Waals surface area contributed by atoms with Crippen molar-refractivity contribution in [2.24, 2.45) is 10.9 Å². The monoisotopic (exact) mass is 417 g/mol. The molecule has 0 aromatic rings. The first-order chi connectivity index (χ1) is 13.2. The maximum absolute atomic E-state index is 12.5. The Morgan fingerprint density at radius 1 is 1.21 bits per heavy atom. The van der Waals surface area contributed by atoms with Crippen molar-refractivity contribution in [2.45, 2.75) is 45.8 Å². The van der Waals surface area contributed by atoms with Crippen molar-refractivity contribution in [2.75, 3.05) is 65.7 Å². The summed E-state index contributed by atoms with van der Waals surface area (Å²) in [7, 11) is 0.981. The van der Waals surface area contributed by atoms with E-state index in [1.165, 1.54) is 12.8 Å². The van der Waals surface area contributed by atoms with Crippen molar-refractivity contribution < 1.29 is 13.2 Å². The van der Waals surface area contributed by atoms with E-state index in [9.17, 15) is 8.42 Å². The van der Waals surface area contributed by atoms with Gasteiger partial charge in [-0.1, -0.05) is 0 Å². The van der Waals surface area contributed by atoms with Crippen molar-refractivity contribution in [3.8, 4) is 0 Å². The lowest BCUT2D eigenvalue weighted by atomic mass is 10.2. The van der Waals surface area contributed by atoms with Gasteiger partial charge in [0, 0.05) is 38.8 Å². The fourth-order valence-electron chi connectivity index (χ4n) is 3.52. The molecule has 8 nitrogen and oxygen atoms in total. The Bertz CT molecular complexity index is 595. The number of hydrogen-bond acceptors (Lipinski definition) is 5. The normalized spacial score (nSPS) is 20.8. The Labute approximate surface area is 171 Å². The van der Waals surface area contributed by atoms with Crippen molar-refractivity contribution in [3.05, 3.63) is 0 Å². The number of guanidine groups is 1. The molecule has 9 heteroatoms. The van der Waals surface area contributed by atoms with Crippen LogP contribution in [0.4, 0.5) is 0 Å². The Kier molecular flexibility index (Phi) is 8.98. The molecule has 1 heterocycles. The van der Waals surface area contributed by atoms with Gasteiger partial charge < -0.3 is 19.9 Å². The Morgan fingerprint density at radius 2 is 1.86 bits per heavy atom. The van der Waals surface area contributed by atoms with Crippen LogP contribution in [0.1, 0.15) is 33.6 Å². The predicted octanol–water partition coefficient (Wildman–Crippen LogP) is 0.665. The zero-order chi connectivity index (χ0) is 20.7. The lowest BCUT2D eigenvalue weighted by molar-refractivity contribution is 0.0904. The Balaban J connectivity index is 1.90. The lowest BCUT2D eigenvalue weighted by Crippen LogP contribution is -2.54. The molecule has 2 aliphatic rings. The summed E-state index contributed by atoms with van der Waals surface area (Å²) in [6, 6.07) is 0.483. The molecule has 1 unspecified atom stereocenters. The summed E-state index contributed by atoms with van der Waals surface area (Å²) in [6.45, 7) is 10.0. The molecular weight excluding hydrogens is 378 g/mol. The van der Waals surface area contributed by atoms with Crippen molar-refractivity contribution >= 4 is 16.0 Å². The van der Waals surface area contributed by atoms with Gasteiger partial charge in [-0.2, -0.15) is 4.31 Å². The van der Waals surface area contributed by atoms with E-state index in [1.54, 1.807) is 4.31 Å². The maximum atomic E-state index is 12.5. The molecule has 0 spiro atoms. The molecule has 1 saturated carbocycles. The van der Waals surface area contributed by atoms with Crippen LogP contribution in [0.3, 0.4) is 0 Å². The number of ether oxygens (including phenoxy) is 1. The zero-order valence-electron chi connectivity index (χ0n) is 18.2. The summed E-state index contributed by atoms with van der Waals surface area (Å²) >= 11 is 0. The largest absolute Gasteiger partial charge is 0.378 e. The molecule has 2 fully saturated rings. The van der Waals surface area contributed by atoms with E-state index in [0.717, 1.165) is 25.0 Å². The average Bonchev–Trinajstić information content (AvgIpc) is 3.45. The maximum Gasteiger partial charge on any atom is 0.216 e. The summed E-state index contributed by atoms with van der Waals surface area (Å²) in [5, 5.41) is 3.38. The second kappa shape index (κ2) is 10.8. The van der Waals surface area contributed by atoms with Crippen molar-refractivity contribution in [3.63, 3.8) is 0 Å². The summed E-state index contributed by atoms with van der Waals surface area (Å²) in [6.07, 6.45) is 2.64. The van der Waals surface area contributed by atoms with Crippen molar-refractivity contribution in [1.82, 2.24) is 19.4 Å².